The first kappa shape index (κ1) is 29.8. The van der Waals surface area contributed by atoms with Gasteiger partial charge in [0, 0.05) is 36.3 Å². The molecule has 12 heteroatoms. The van der Waals surface area contributed by atoms with E-state index in [4.69, 9.17) is 15.2 Å². The van der Waals surface area contributed by atoms with Gasteiger partial charge in [0.1, 0.15) is 24.4 Å². The Kier molecular flexibility index (Phi) is 10.1. The summed E-state index contributed by atoms with van der Waals surface area (Å²) in [7, 11) is 0. The van der Waals surface area contributed by atoms with Crippen LogP contribution in [-0.4, -0.2) is 92.6 Å². The zero-order valence-corrected chi connectivity index (χ0v) is 22.3. The normalized spacial score (nSPS) is 23.9. The van der Waals surface area contributed by atoms with Crippen LogP contribution < -0.4 is 21.1 Å². The van der Waals surface area contributed by atoms with E-state index >= 15 is 0 Å². The number of aromatic nitrogens is 2. The van der Waals surface area contributed by atoms with Crippen LogP contribution in [0.4, 0.5) is 4.79 Å². The minimum atomic E-state index is -1.54. The van der Waals surface area contributed by atoms with Gasteiger partial charge in [0.2, 0.25) is 12.2 Å². The van der Waals surface area contributed by atoms with Crippen molar-refractivity contribution in [2.45, 2.75) is 82.7 Å². The molecule has 2 amide bonds. The monoisotopic (exact) mass is 535 g/mol. The molecule has 1 saturated heterocycles. The Hall–Kier alpha value is -2.74. The highest BCUT2D eigenvalue weighted by atomic mass is 16.7. The molecule has 0 radical (unpaired) electrons. The van der Waals surface area contributed by atoms with E-state index in [9.17, 15) is 25.2 Å². The van der Waals surface area contributed by atoms with Crippen molar-refractivity contribution in [3.05, 3.63) is 46.6 Å². The van der Waals surface area contributed by atoms with Crippen LogP contribution in [0.15, 0.2) is 24.3 Å². The van der Waals surface area contributed by atoms with E-state index in [1.54, 1.807) is 0 Å². The predicted octanol–water partition coefficient (Wildman–Crippen LogP) is -0.118. The number of carbonyl (C=O) groups is 1. The average molecular weight is 536 g/mol. The molecule has 1 aliphatic rings. The molecule has 0 bridgehead atoms. The van der Waals surface area contributed by atoms with Gasteiger partial charge in [0.25, 0.3) is 0 Å². The van der Waals surface area contributed by atoms with Crippen molar-refractivity contribution in [3.8, 4) is 5.88 Å². The maximum atomic E-state index is 12.0. The molecular formula is C26H41N5O7. The second-order valence-electron chi connectivity index (χ2n) is 10.6. The lowest BCUT2D eigenvalue weighted by Crippen LogP contribution is -2.60. The van der Waals surface area contributed by atoms with Gasteiger partial charge in [-0.2, -0.15) is 0 Å². The first-order chi connectivity index (χ1) is 18.0. The molecule has 0 saturated carbocycles. The summed E-state index contributed by atoms with van der Waals surface area (Å²) >= 11 is 0. The molecule has 2 aromatic rings. The third-order valence-electron chi connectivity index (χ3n) is 6.58. The Morgan fingerprint density at radius 3 is 2.42 bits per heavy atom. The molecule has 12 nitrogen and oxygen atoms in total. The van der Waals surface area contributed by atoms with Gasteiger partial charge < -0.3 is 46.3 Å². The lowest BCUT2D eigenvalue weighted by Gasteiger charge is -2.39. The van der Waals surface area contributed by atoms with Gasteiger partial charge in [0.05, 0.1) is 6.61 Å². The van der Waals surface area contributed by atoms with Gasteiger partial charge in [-0.3, -0.25) is 5.10 Å². The fourth-order valence-electron chi connectivity index (χ4n) is 4.13. The summed E-state index contributed by atoms with van der Waals surface area (Å²) in [5.74, 6) is 0.308. The SMILES string of the molecule is CC(C)c1[nH]nc(O[C@@H]2O[C@H](CO)[C@@H](O)[C@H](O)[C@H]2O)c1Cc1ccc(CCNC(=O)NC(C)(C)CN)cc1. The fourth-order valence-corrected chi connectivity index (χ4v) is 4.13. The van der Waals surface area contributed by atoms with Crippen molar-refractivity contribution in [1.82, 2.24) is 20.8 Å². The van der Waals surface area contributed by atoms with E-state index in [2.05, 4.69) is 20.8 Å². The Bertz CT molecular complexity index is 1040. The van der Waals surface area contributed by atoms with E-state index < -0.39 is 42.9 Å². The number of aromatic amines is 1. The second kappa shape index (κ2) is 12.9. The number of nitrogens with one attached hydrogen (secondary N) is 3. The molecule has 5 atom stereocenters. The van der Waals surface area contributed by atoms with E-state index in [1.165, 1.54) is 0 Å². The second-order valence-corrected chi connectivity index (χ2v) is 10.6. The summed E-state index contributed by atoms with van der Waals surface area (Å²) < 4.78 is 11.3. The Morgan fingerprint density at radius 2 is 1.82 bits per heavy atom. The highest BCUT2D eigenvalue weighted by Crippen LogP contribution is 2.31. The van der Waals surface area contributed by atoms with Crippen LogP contribution in [0, 0.1) is 0 Å². The van der Waals surface area contributed by atoms with Crippen molar-refractivity contribution in [1.29, 1.82) is 0 Å². The Balaban J connectivity index is 1.65. The van der Waals surface area contributed by atoms with E-state index in [1.807, 2.05) is 52.0 Å². The third kappa shape index (κ3) is 7.43. The van der Waals surface area contributed by atoms with Gasteiger partial charge in [-0.15, -0.1) is 5.10 Å². The summed E-state index contributed by atoms with van der Waals surface area (Å²) in [5.41, 5.74) is 8.84. The number of aliphatic hydroxyl groups is 4. The molecule has 38 heavy (non-hydrogen) atoms. The lowest BCUT2D eigenvalue weighted by atomic mass is 9.98. The van der Waals surface area contributed by atoms with Crippen molar-refractivity contribution >= 4 is 6.03 Å². The average Bonchev–Trinajstić information content (AvgIpc) is 3.27. The number of nitrogens with two attached hydrogens (primary N) is 1. The van der Waals surface area contributed by atoms with Crippen LogP contribution in [0.1, 0.15) is 56.0 Å². The predicted molar refractivity (Wildman–Crippen MR) is 140 cm³/mol. The van der Waals surface area contributed by atoms with E-state index in [0.717, 1.165) is 22.4 Å². The number of aliphatic hydroxyl groups excluding tert-OH is 4. The number of ether oxygens (including phenoxy) is 2. The summed E-state index contributed by atoms with van der Waals surface area (Å²) in [6.07, 6.45) is -5.81. The maximum Gasteiger partial charge on any atom is 0.315 e. The summed E-state index contributed by atoms with van der Waals surface area (Å²) in [6, 6.07) is 7.70. The smallest absolute Gasteiger partial charge is 0.315 e. The van der Waals surface area contributed by atoms with Gasteiger partial charge in [0.15, 0.2) is 0 Å². The van der Waals surface area contributed by atoms with Crippen molar-refractivity contribution in [2.24, 2.45) is 5.73 Å². The number of H-pyrrole nitrogens is 1. The molecule has 0 spiro atoms. The van der Waals surface area contributed by atoms with Crippen LogP contribution in [0.3, 0.4) is 0 Å². The van der Waals surface area contributed by atoms with E-state index in [-0.39, 0.29) is 17.8 Å². The summed E-state index contributed by atoms with van der Waals surface area (Å²) in [4.78, 5) is 12.0. The van der Waals surface area contributed by atoms with Crippen LogP contribution >= 0.6 is 0 Å². The highest BCUT2D eigenvalue weighted by molar-refractivity contribution is 5.74. The van der Waals surface area contributed by atoms with Gasteiger partial charge in [-0.05, 0) is 37.3 Å². The topological polar surface area (TPSA) is 195 Å². The molecule has 9 N–H and O–H groups in total. The molecule has 1 aromatic carbocycles. The van der Waals surface area contributed by atoms with E-state index in [0.29, 0.717) is 25.9 Å². The third-order valence-corrected chi connectivity index (χ3v) is 6.58. The molecule has 0 unspecified atom stereocenters. The Labute approximate surface area is 222 Å². The van der Waals surface area contributed by atoms with Gasteiger partial charge in [-0.25, -0.2) is 4.79 Å². The molecule has 1 fully saturated rings. The van der Waals surface area contributed by atoms with Gasteiger partial charge in [-0.1, -0.05) is 38.1 Å². The number of rotatable bonds is 11. The zero-order chi connectivity index (χ0) is 28.0. The molecule has 1 aliphatic heterocycles. The molecular weight excluding hydrogens is 494 g/mol. The number of carbonyl (C=O) groups excluding carboxylic acids is 1. The van der Waals surface area contributed by atoms with Crippen LogP contribution in [-0.2, 0) is 17.6 Å². The molecule has 212 valence electrons. The fraction of sp³-hybridized carbons (Fsp3) is 0.615. The van der Waals surface area contributed by atoms with Crippen LogP contribution in [0.5, 0.6) is 5.88 Å². The lowest BCUT2D eigenvalue weighted by molar-refractivity contribution is -0.278. The molecule has 2 heterocycles. The number of benzene rings is 1. The molecule has 3 rings (SSSR count). The number of hydrogen-bond acceptors (Lipinski definition) is 9. The largest absolute Gasteiger partial charge is 0.443 e. The Morgan fingerprint density at radius 1 is 1.16 bits per heavy atom. The van der Waals surface area contributed by atoms with Crippen LogP contribution in [0.2, 0.25) is 0 Å². The molecule has 1 aromatic heterocycles. The van der Waals surface area contributed by atoms with Crippen molar-refractivity contribution in [3.63, 3.8) is 0 Å². The number of nitrogens with zero attached hydrogens (tertiary/aromatic N) is 1. The quantitative estimate of drug-likeness (QED) is 0.193. The number of amides is 2. The number of hydrogen-bond donors (Lipinski definition) is 8. The van der Waals surface area contributed by atoms with Crippen molar-refractivity contribution < 1.29 is 34.7 Å². The maximum absolute atomic E-state index is 12.0. The van der Waals surface area contributed by atoms with Gasteiger partial charge >= 0.3 is 6.03 Å². The van der Waals surface area contributed by atoms with Crippen molar-refractivity contribution in [2.75, 3.05) is 19.7 Å². The number of urea groups is 1. The summed E-state index contributed by atoms with van der Waals surface area (Å²) in [6.45, 7) is 8.00. The minimum Gasteiger partial charge on any atom is -0.443 e. The first-order valence-electron chi connectivity index (χ1n) is 12.8. The van der Waals surface area contributed by atoms with Crippen LogP contribution in [0.25, 0.3) is 0 Å². The summed E-state index contributed by atoms with van der Waals surface area (Å²) in [5, 5.41) is 52.9. The molecule has 0 aliphatic carbocycles. The standard InChI is InChI=1S/C26H41N5O7/c1-14(2)19-17(23(31-30-19)38-24-22(35)21(34)20(33)18(12-32)37-24)11-16-7-5-15(6-8-16)9-10-28-25(36)29-26(3,4)13-27/h5-8,14,18,20-22,24,32-35H,9-13,27H2,1-4H3,(H,30,31)(H2,28,29,36)/t18-,20-,21+,22-,24+/m1/s1. The zero-order valence-electron chi connectivity index (χ0n) is 22.3. The minimum absolute atomic E-state index is 0.102. The highest BCUT2D eigenvalue weighted by Gasteiger charge is 2.45. The first-order valence-corrected chi connectivity index (χ1v) is 12.8.